The lowest BCUT2D eigenvalue weighted by Gasteiger charge is -2.26. The van der Waals surface area contributed by atoms with Crippen molar-refractivity contribution >= 4 is 6.09 Å². The van der Waals surface area contributed by atoms with E-state index in [1.807, 2.05) is 27.7 Å². The summed E-state index contributed by atoms with van der Waals surface area (Å²) >= 11 is 0. The standard InChI is InChI=1S/C14H28N2O3/c1-5-12(17)11-15-7-6-8-16(10-9-15)13(18)19-14(2,3)4/h12,17H,5-11H2,1-4H3. The Morgan fingerprint density at radius 1 is 1.26 bits per heavy atom. The average molecular weight is 272 g/mol. The van der Waals surface area contributed by atoms with Crippen molar-refractivity contribution in [2.75, 3.05) is 32.7 Å². The maximum atomic E-state index is 12.0. The van der Waals surface area contributed by atoms with Crippen LogP contribution in [0.3, 0.4) is 0 Å². The highest BCUT2D eigenvalue weighted by molar-refractivity contribution is 5.68. The van der Waals surface area contributed by atoms with E-state index < -0.39 is 5.60 Å². The number of aliphatic hydroxyl groups excluding tert-OH is 1. The Kier molecular flexibility index (Phi) is 6.07. The van der Waals surface area contributed by atoms with Gasteiger partial charge in [-0.1, -0.05) is 6.92 Å². The van der Waals surface area contributed by atoms with E-state index in [9.17, 15) is 9.90 Å². The highest BCUT2D eigenvalue weighted by Crippen LogP contribution is 2.12. The molecule has 1 N–H and O–H groups in total. The molecule has 0 saturated carbocycles. The van der Waals surface area contributed by atoms with Crippen molar-refractivity contribution < 1.29 is 14.6 Å². The van der Waals surface area contributed by atoms with E-state index in [-0.39, 0.29) is 12.2 Å². The molecule has 0 radical (unpaired) electrons. The summed E-state index contributed by atoms with van der Waals surface area (Å²) in [6.07, 6.45) is 1.19. The van der Waals surface area contributed by atoms with Crippen molar-refractivity contribution in [2.45, 2.75) is 52.2 Å². The van der Waals surface area contributed by atoms with Crippen LogP contribution in [0.25, 0.3) is 0 Å². The minimum absolute atomic E-state index is 0.231. The first-order valence-electron chi connectivity index (χ1n) is 7.20. The van der Waals surface area contributed by atoms with Gasteiger partial charge in [0.25, 0.3) is 0 Å². The van der Waals surface area contributed by atoms with Crippen molar-refractivity contribution in [3.8, 4) is 0 Å². The van der Waals surface area contributed by atoms with Crippen LogP contribution in [0.4, 0.5) is 4.79 Å². The second kappa shape index (κ2) is 7.10. The van der Waals surface area contributed by atoms with Crippen LogP contribution in [-0.4, -0.2) is 65.4 Å². The first-order valence-corrected chi connectivity index (χ1v) is 7.20. The summed E-state index contributed by atoms with van der Waals surface area (Å²) in [7, 11) is 0. The molecule has 0 aromatic rings. The van der Waals surface area contributed by atoms with Crippen LogP contribution in [0.1, 0.15) is 40.5 Å². The van der Waals surface area contributed by atoms with Gasteiger partial charge >= 0.3 is 6.09 Å². The zero-order valence-corrected chi connectivity index (χ0v) is 12.7. The Morgan fingerprint density at radius 2 is 1.95 bits per heavy atom. The summed E-state index contributed by atoms with van der Waals surface area (Å²) in [6.45, 7) is 11.5. The smallest absolute Gasteiger partial charge is 0.410 e. The molecule has 0 spiro atoms. The van der Waals surface area contributed by atoms with E-state index in [2.05, 4.69) is 4.90 Å². The third-order valence-corrected chi connectivity index (χ3v) is 3.18. The normalized spacial score (nSPS) is 19.9. The van der Waals surface area contributed by atoms with Gasteiger partial charge in [-0.3, -0.25) is 4.90 Å². The molecule has 19 heavy (non-hydrogen) atoms. The van der Waals surface area contributed by atoms with E-state index in [0.29, 0.717) is 13.1 Å². The number of β-amino-alcohol motifs (C(OH)–C–C–N with tert-alkyl or cyclic N) is 1. The largest absolute Gasteiger partial charge is 0.444 e. The highest BCUT2D eigenvalue weighted by Gasteiger charge is 2.24. The van der Waals surface area contributed by atoms with Crippen molar-refractivity contribution in [2.24, 2.45) is 0 Å². The molecule has 1 amide bonds. The van der Waals surface area contributed by atoms with E-state index in [1.165, 1.54) is 0 Å². The predicted molar refractivity (Wildman–Crippen MR) is 75.2 cm³/mol. The minimum Gasteiger partial charge on any atom is -0.444 e. The molecule has 1 aliphatic heterocycles. The fourth-order valence-corrected chi connectivity index (χ4v) is 2.09. The van der Waals surface area contributed by atoms with Crippen LogP contribution >= 0.6 is 0 Å². The lowest BCUT2D eigenvalue weighted by molar-refractivity contribution is 0.0255. The lowest BCUT2D eigenvalue weighted by Crippen LogP contribution is -2.40. The Bertz CT molecular complexity index is 289. The van der Waals surface area contributed by atoms with Gasteiger partial charge in [0, 0.05) is 26.2 Å². The third kappa shape index (κ3) is 6.25. The molecular formula is C14H28N2O3. The fourth-order valence-electron chi connectivity index (χ4n) is 2.09. The minimum atomic E-state index is -0.443. The van der Waals surface area contributed by atoms with E-state index >= 15 is 0 Å². The zero-order valence-electron chi connectivity index (χ0n) is 12.7. The zero-order chi connectivity index (χ0) is 14.5. The van der Waals surface area contributed by atoms with Gasteiger partial charge < -0.3 is 14.7 Å². The molecule has 1 rings (SSSR count). The molecule has 1 atom stereocenters. The van der Waals surface area contributed by atoms with Crippen LogP contribution < -0.4 is 0 Å². The van der Waals surface area contributed by atoms with Crippen LogP contribution in [0.2, 0.25) is 0 Å². The van der Waals surface area contributed by atoms with Gasteiger partial charge in [-0.2, -0.15) is 0 Å². The van der Waals surface area contributed by atoms with E-state index in [0.717, 1.165) is 32.5 Å². The number of carbonyl (C=O) groups excluding carboxylic acids is 1. The molecule has 1 unspecified atom stereocenters. The molecule has 0 aromatic heterocycles. The molecule has 0 aliphatic carbocycles. The molecule has 0 bridgehead atoms. The SMILES string of the molecule is CCC(O)CN1CCCN(C(=O)OC(C)(C)C)CC1. The predicted octanol–water partition coefficient (Wildman–Crippen LogP) is 1.70. The molecule has 5 heteroatoms. The van der Waals surface area contributed by atoms with Gasteiger partial charge in [-0.05, 0) is 40.2 Å². The molecule has 112 valence electrons. The highest BCUT2D eigenvalue weighted by atomic mass is 16.6. The van der Waals surface area contributed by atoms with Crippen molar-refractivity contribution in [3.63, 3.8) is 0 Å². The lowest BCUT2D eigenvalue weighted by atomic mass is 10.2. The number of hydrogen-bond donors (Lipinski definition) is 1. The van der Waals surface area contributed by atoms with Crippen molar-refractivity contribution in [1.82, 2.24) is 9.80 Å². The Balaban J connectivity index is 2.43. The summed E-state index contributed by atoms with van der Waals surface area (Å²) in [5.41, 5.74) is -0.443. The molecule has 5 nitrogen and oxygen atoms in total. The number of rotatable bonds is 3. The first kappa shape index (κ1) is 16.2. The van der Waals surface area contributed by atoms with Crippen LogP contribution in [0.5, 0.6) is 0 Å². The van der Waals surface area contributed by atoms with Crippen molar-refractivity contribution in [3.05, 3.63) is 0 Å². The fraction of sp³-hybridized carbons (Fsp3) is 0.929. The summed E-state index contributed by atoms with van der Waals surface area (Å²) in [4.78, 5) is 16.0. The van der Waals surface area contributed by atoms with E-state index in [1.54, 1.807) is 4.90 Å². The summed E-state index contributed by atoms with van der Waals surface area (Å²) in [5, 5.41) is 9.68. The molecule has 0 aromatic carbocycles. The quantitative estimate of drug-likeness (QED) is 0.849. The maximum absolute atomic E-state index is 12.0. The Hall–Kier alpha value is -0.810. The van der Waals surface area contributed by atoms with Crippen LogP contribution in [0, 0.1) is 0 Å². The molecule has 1 heterocycles. The maximum Gasteiger partial charge on any atom is 0.410 e. The molecule has 1 fully saturated rings. The average Bonchev–Trinajstić information content (AvgIpc) is 2.52. The molecule has 1 aliphatic rings. The van der Waals surface area contributed by atoms with E-state index in [4.69, 9.17) is 4.74 Å². The first-order chi connectivity index (χ1) is 8.81. The summed E-state index contributed by atoms with van der Waals surface area (Å²) < 4.78 is 5.39. The van der Waals surface area contributed by atoms with Gasteiger partial charge in [0.05, 0.1) is 6.10 Å². The third-order valence-electron chi connectivity index (χ3n) is 3.18. The number of hydrogen-bond acceptors (Lipinski definition) is 4. The van der Waals surface area contributed by atoms with Crippen LogP contribution in [0.15, 0.2) is 0 Å². The number of aliphatic hydroxyl groups is 1. The monoisotopic (exact) mass is 272 g/mol. The van der Waals surface area contributed by atoms with Gasteiger partial charge in [0.2, 0.25) is 0 Å². The molecular weight excluding hydrogens is 244 g/mol. The number of carbonyl (C=O) groups is 1. The Labute approximate surface area is 116 Å². The second-order valence-electron chi connectivity index (χ2n) is 6.18. The van der Waals surface area contributed by atoms with Gasteiger partial charge in [0.1, 0.15) is 5.60 Å². The number of amides is 1. The topological polar surface area (TPSA) is 53.0 Å². The molecule has 1 saturated heterocycles. The van der Waals surface area contributed by atoms with Gasteiger partial charge in [-0.15, -0.1) is 0 Å². The summed E-state index contributed by atoms with van der Waals surface area (Å²) in [6, 6.07) is 0. The number of ether oxygens (including phenoxy) is 1. The van der Waals surface area contributed by atoms with Crippen molar-refractivity contribution in [1.29, 1.82) is 0 Å². The Morgan fingerprint density at radius 3 is 2.53 bits per heavy atom. The second-order valence-corrected chi connectivity index (χ2v) is 6.18. The van der Waals surface area contributed by atoms with Crippen LogP contribution in [-0.2, 0) is 4.74 Å². The number of nitrogens with zero attached hydrogens (tertiary/aromatic N) is 2. The van der Waals surface area contributed by atoms with Gasteiger partial charge in [0.15, 0.2) is 0 Å². The summed E-state index contributed by atoms with van der Waals surface area (Å²) in [5.74, 6) is 0. The van der Waals surface area contributed by atoms with Gasteiger partial charge in [-0.25, -0.2) is 4.79 Å².